The van der Waals surface area contributed by atoms with Gasteiger partial charge >= 0.3 is 5.97 Å². The van der Waals surface area contributed by atoms with Crippen LogP contribution in [0.5, 0.6) is 0 Å². The number of hydrogen-bond acceptors (Lipinski definition) is 4. The molecule has 2 saturated heterocycles. The van der Waals surface area contributed by atoms with E-state index >= 15 is 0 Å². The average molecular weight is 375 g/mol. The minimum Gasteiger partial charge on any atom is -0.460 e. The maximum absolute atomic E-state index is 13.3. The van der Waals surface area contributed by atoms with Crippen LogP contribution in [0.25, 0.3) is 0 Å². The summed E-state index contributed by atoms with van der Waals surface area (Å²) in [4.78, 5) is 27.9. The third kappa shape index (κ3) is 2.58. The van der Waals surface area contributed by atoms with E-state index in [0.717, 1.165) is 16.8 Å². The molecule has 3 aliphatic heterocycles. The van der Waals surface area contributed by atoms with Crippen molar-refractivity contribution in [3.05, 3.63) is 77.9 Å². The summed E-state index contributed by atoms with van der Waals surface area (Å²) in [5, 5.41) is 0. The molecule has 2 fully saturated rings. The molecule has 0 N–H and O–H groups in total. The Morgan fingerprint density at radius 1 is 1.21 bits per heavy atom. The molecule has 1 spiro atoms. The predicted octanol–water partition coefficient (Wildman–Crippen LogP) is 3.02. The van der Waals surface area contributed by atoms with Gasteiger partial charge in [0, 0.05) is 5.69 Å². The zero-order chi connectivity index (χ0) is 19.3. The van der Waals surface area contributed by atoms with Crippen LogP contribution in [0.15, 0.2) is 66.7 Å². The van der Waals surface area contributed by atoms with E-state index in [1.165, 1.54) is 0 Å². The molecule has 0 aromatic heterocycles. The van der Waals surface area contributed by atoms with Gasteiger partial charge in [0.15, 0.2) is 0 Å². The molecule has 142 valence electrons. The Labute approximate surface area is 163 Å². The molecule has 0 unspecified atom stereocenters. The van der Waals surface area contributed by atoms with Gasteiger partial charge in [-0.3, -0.25) is 9.59 Å². The Morgan fingerprint density at radius 2 is 2.04 bits per heavy atom. The van der Waals surface area contributed by atoms with E-state index in [1.807, 2.05) is 73.7 Å². The SMILES string of the molecule is Cc1cccc(N2C[C@]34C=C[C@@H](O3)[C@H](C(=O)OCc3ccccc3)[C@@H]4C2=O)c1. The number of benzene rings is 2. The molecule has 5 nitrogen and oxygen atoms in total. The average Bonchev–Trinajstić information content (AvgIpc) is 3.35. The number of amides is 1. The van der Waals surface area contributed by atoms with Gasteiger partial charge < -0.3 is 14.4 Å². The molecular formula is C23H21NO4. The van der Waals surface area contributed by atoms with Crippen molar-refractivity contribution in [1.29, 1.82) is 0 Å². The summed E-state index contributed by atoms with van der Waals surface area (Å²) in [5.41, 5.74) is 2.11. The summed E-state index contributed by atoms with van der Waals surface area (Å²) in [6.45, 7) is 2.62. The topological polar surface area (TPSA) is 55.8 Å². The third-order valence-corrected chi connectivity index (χ3v) is 5.91. The van der Waals surface area contributed by atoms with Crippen LogP contribution in [-0.4, -0.2) is 30.1 Å². The second kappa shape index (κ2) is 6.31. The lowest BCUT2D eigenvalue weighted by Gasteiger charge is -2.22. The lowest BCUT2D eigenvalue weighted by Crippen LogP contribution is -2.40. The number of ether oxygens (including phenoxy) is 2. The molecule has 0 radical (unpaired) electrons. The van der Waals surface area contributed by atoms with Crippen molar-refractivity contribution >= 4 is 17.6 Å². The molecule has 1 amide bonds. The quantitative estimate of drug-likeness (QED) is 0.609. The summed E-state index contributed by atoms with van der Waals surface area (Å²) in [5.74, 6) is -1.58. The molecule has 3 heterocycles. The van der Waals surface area contributed by atoms with Gasteiger partial charge in [-0.2, -0.15) is 0 Å². The smallest absolute Gasteiger partial charge is 0.313 e. The summed E-state index contributed by atoms with van der Waals surface area (Å²) in [6, 6.07) is 17.4. The summed E-state index contributed by atoms with van der Waals surface area (Å²) < 4.78 is 11.7. The van der Waals surface area contributed by atoms with Crippen molar-refractivity contribution in [1.82, 2.24) is 0 Å². The van der Waals surface area contributed by atoms with Gasteiger partial charge in [0.1, 0.15) is 18.1 Å². The fourth-order valence-corrected chi connectivity index (χ4v) is 4.61. The van der Waals surface area contributed by atoms with E-state index in [2.05, 4.69) is 0 Å². The van der Waals surface area contributed by atoms with Gasteiger partial charge in [-0.1, -0.05) is 54.6 Å². The van der Waals surface area contributed by atoms with Crippen LogP contribution in [0.3, 0.4) is 0 Å². The first-order valence-electron chi connectivity index (χ1n) is 9.53. The van der Waals surface area contributed by atoms with Crippen molar-refractivity contribution in [3.8, 4) is 0 Å². The molecule has 2 bridgehead atoms. The number of fused-ring (bicyclic) bond motifs is 1. The first-order chi connectivity index (χ1) is 13.6. The Hall–Kier alpha value is -2.92. The van der Waals surface area contributed by atoms with Gasteiger partial charge in [0.2, 0.25) is 5.91 Å². The second-order valence-electron chi connectivity index (χ2n) is 7.76. The molecule has 3 aliphatic rings. The summed E-state index contributed by atoms with van der Waals surface area (Å²) in [7, 11) is 0. The van der Waals surface area contributed by atoms with Crippen molar-refractivity contribution in [2.45, 2.75) is 25.2 Å². The van der Waals surface area contributed by atoms with E-state index in [0.29, 0.717) is 6.54 Å². The molecule has 0 saturated carbocycles. The maximum atomic E-state index is 13.3. The Bertz CT molecular complexity index is 970. The van der Waals surface area contributed by atoms with Crippen molar-refractivity contribution in [2.24, 2.45) is 11.8 Å². The maximum Gasteiger partial charge on any atom is 0.313 e. The minimum atomic E-state index is -0.734. The number of carbonyl (C=O) groups excluding carboxylic acids is 2. The Balaban J connectivity index is 1.39. The highest BCUT2D eigenvalue weighted by Crippen LogP contribution is 2.53. The van der Waals surface area contributed by atoms with Gasteiger partial charge in [-0.15, -0.1) is 0 Å². The number of nitrogens with zero attached hydrogens (tertiary/aromatic N) is 1. The van der Waals surface area contributed by atoms with Gasteiger partial charge in [-0.05, 0) is 30.2 Å². The molecule has 28 heavy (non-hydrogen) atoms. The first-order valence-corrected chi connectivity index (χ1v) is 9.53. The number of aryl methyl sites for hydroxylation is 1. The van der Waals surface area contributed by atoms with Crippen LogP contribution in [0.4, 0.5) is 5.69 Å². The number of anilines is 1. The Morgan fingerprint density at radius 3 is 2.82 bits per heavy atom. The zero-order valence-electron chi connectivity index (χ0n) is 15.6. The van der Waals surface area contributed by atoms with Gasteiger partial charge in [-0.25, -0.2) is 0 Å². The van der Waals surface area contributed by atoms with Crippen molar-refractivity contribution in [2.75, 3.05) is 11.4 Å². The summed E-state index contributed by atoms with van der Waals surface area (Å²) >= 11 is 0. The van der Waals surface area contributed by atoms with E-state index < -0.39 is 23.5 Å². The highest BCUT2D eigenvalue weighted by molar-refractivity contribution is 6.02. The van der Waals surface area contributed by atoms with E-state index in [-0.39, 0.29) is 18.5 Å². The van der Waals surface area contributed by atoms with E-state index in [4.69, 9.17) is 9.47 Å². The standard InChI is InChI=1S/C23H21NO4/c1-15-6-5-9-17(12-15)24-14-23-11-10-18(28-23)19(20(23)21(24)25)22(26)27-13-16-7-3-2-4-8-16/h2-12,18-20H,13-14H2,1H3/t18-,19+,20-,23+/m1/s1. The second-order valence-corrected chi connectivity index (χ2v) is 7.76. The highest BCUT2D eigenvalue weighted by atomic mass is 16.6. The molecule has 4 atom stereocenters. The largest absolute Gasteiger partial charge is 0.460 e. The third-order valence-electron chi connectivity index (χ3n) is 5.91. The van der Waals surface area contributed by atoms with Crippen LogP contribution in [0.2, 0.25) is 0 Å². The fraction of sp³-hybridized carbons (Fsp3) is 0.304. The first kappa shape index (κ1) is 17.2. The molecule has 5 heteroatoms. The highest BCUT2D eigenvalue weighted by Gasteiger charge is 2.67. The minimum absolute atomic E-state index is 0.0703. The number of esters is 1. The monoisotopic (exact) mass is 375 g/mol. The number of hydrogen-bond donors (Lipinski definition) is 0. The summed E-state index contributed by atoms with van der Waals surface area (Å²) in [6.07, 6.45) is 3.46. The number of rotatable bonds is 4. The van der Waals surface area contributed by atoms with Crippen LogP contribution >= 0.6 is 0 Å². The molecule has 2 aromatic carbocycles. The number of carbonyl (C=O) groups is 2. The molecular weight excluding hydrogens is 354 g/mol. The van der Waals surface area contributed by atoms with Gasteiger partial charge in [0.25, 0.3) is 0 Å². The normalized spacial score (nSPS) is 30.0. The van der Waals surface area contributed by atoms with Crippen LogP contribution in [0.1, 0.15) is 11.1 Å². The molecule has 0 aliphatic carbocycles. The van der Waals surface area contributed by atoms with Crippen molar-refractivity contribution < 1.29 is 19.1 Å². The van der Waals surface area contributed by atoms with Crippen LogP contribution < -0.4 is 4.90 Å². The zero-order valence-corrected chi connectivity index (χ0v) is 15.6. The van der Waals surface area contributed by atoms with E-state index in [9.17, 15) is 9.59 Å². The Kier molecular flexibility index (Phi) is 3.88. The lowest BCUT2D eigenvalue weighted by atomic mass is 9.77. The van der Waals surface area contributed by atoms with Crippen molar-refractivity contribution in [3.63, 3.8) is 0 Å². The molecule has 5 rings (SSSR count). The van der Waals surface area contributed by atoms with E-state index in [1.54, 1.807) is 4.90 Å². The fourth-order valence-electron chi connectivity index (χ4n) is 4.61. The van der Waals surface area contributed by atoms with Gasteiger partial charge in [0.05, 0.1) is 18.6 Å². The molecule has 2 aromatic rings. The van der Waals surface area contributed by atoms with Crippen LogP contribution in [0, 0.1) is 18.8 Å². The van der Waals surface area contributed by atoms with Crippen LogP contribution in [-0.2, 0) is 25.7 Å². The lowest BCUT2D eigenvalue weighted by molar-refractivity contribution is -0.153. The predicted molar refractivity (Wildman–Crippen MR) is 103 cm³/mol.